The maximum absolute atomic E-state index is 5.24. The molecule has 0 bridgehead atoms. The number of hydrogen-bond acceptors (Lipinski definition) is 3. The molecule has 15 rings (SSSR count). The highest BCUT2D eigenvalue weighted by atomic mass is 15.0. The third-order valence-electron chi connectivity index (χ3n) is 15.1. The molecule has 5 nitrogen and oxygen atoms in total. The molecule has 0 saturated carbocycles. The zero-order valence-corrected chi connectivity index (χ0v) is 37.9. The SMILES string of the molecule is CC1(C)c2ccccc2-c2cc(-c3nc(-c4ccccc4)nc(-c4ccc5c(-c6ccc7c(c6)c6cccc8c9ccccc9n(c9cccc%10c%11ccccc%11n7c%109)c86)cccc5c4)n3)ccc21. The fourth-order valence-electron chi connectivity index (χ4n) is 11.9. The van der Waals surface area contributed by atoms with Crippen molar-refractivity contribution in [3.05, 3.63) is 223 Å². The van der Waals surface area contributed by atoms with Gasteiger partial charge in [0.05, 0.1) is 33.1 Å². The fourth-order valence-corrected chi connectivity index (χ4v) is 11.9. The van der Waals surface area contributed by atoms with Crippen LogP contribution in [0.25, 0.3) is 133 Å². The summed E-state index contributed by atoms with van der Waals surface area (Å²) in [5.74, 6) is 1.95. The maximum atomic E-state index is 5.24. The molecule has 4 aromatic heterocycles. The van der Waals surface area contributed by atoms with E-state index in [9.17, 15) is 0 Å². The highest BCUT2D eigenvalue weighted by Crippen LogP contribution is 2.50. The van der Waals surface area contributed by atoms with Gasteiger partial charge in [-0.25, -0.2) is 15.0 Å². The van der Waals surface area contributed by atoms with E-state index in [1.54, 1.807) is 0 Å². The van der Waals surface area contributed by atoms with E-state index in [1.807, 2.05) is 18.2 Å². The first kappa shape index (κ1) is 38.2. The molecule has 0 atom stereocenters. The van der Waals surface area contributed by atoms with Crippen LogP contribution in [0.3, 0.4) is 0 Å². The van der Waals surface area contributed by atoms with Crippen molar-refractivity contribution in [3.63, 3.8) is 0 Å². The molecule has 0 aliphatic heterocycles. The van der Waals surface area contributed by atoms with Gasteiger partial charge in [-0.05, 0) is 86.6 Å². The fraction of sp³-hybridized carbons (Fsp3) is 0.0469. The molecule has 4 heterocycles. The minimum absolute atomic E-state index is 0.0859. The molecule has 0 unspecified atom stereocenters. The number of nitrogens with zero attached hydrogens (tertiary/aromatic N) is 5. The molecule has 10 aromatic carbocycles. The molecule has 0 saturated heterocycles. The van der Waals surface area contributed by atoms with Gasteiger partial charge < -0.3 is 8.80 Å². The topological polar surface area (TPSA) is 47.5 Å². The summed E-state index contributed by atoms with van der Waals surface area (Å²) in [4.78, 5) is 15.5. The van der Waals surface area contributed by atoms with Crippen molar-refractivity contribution in [1.82, 2.24) is 23.8 Å². The van der Waals surface area contributed by atoms with Crippen LogP contribution in [0.5, 0.6) is 0 Å². The van der Waals surface area contributed by atoms with Crippen molar-refractivity contribution in [3.8, 4) is 56.4 Å². The molecular formula is C64H41N5. The van der Waals surface area contributed by atoms with Gasteiger partial charge in [0.15, 0.2) is 17.5 Å². The second kappa shape index (κ2) is 14.0. The molecular weight excluding hydrogens is 839 g/mol. The first-order valence-electron chi connectivity index (χ1n) is 23.8. The summed E-state index contributed by atoms with van der Waals surface area (Å²) in [5.41, 5.74) is 17.5. The van der Waals surface area contributed by atoms with Gasteiger partial charge in [-0.2, -0.15) is 0 Å². The number of rotatable bonds is 4. The van der Waals surface area contributed by atoms with Crippen molar-refractivity contribution in [2.24, 2.45) is 0 Å². The minimum Gasteiger partial charge on any atom is -0.307 e. The maximum Gasteiger partial charge on any atom is 0.164 e. The molecule has 5 heteroatoms. The summed E-state index contributed by atoms with van der Waals surface area (Å²) in [6, 6.07) is 77.3. The van der Waals surface area contributed by atoms with Gasteiger partial charge in [-0.3, -0.25) is 0 Å². The third kappa shape index (κ3) is 5.38. The Hall–Kier alpha value is -8.93. The predicted molar refractivity (Wildman–Crippen MR) is 286 cm³/mol. The van der Waals surface area contributed by atoms with Crippen LogP contribution in [0.1, 0.15) is 25.0 Å². The Balaban J connectivity index is 0.935. The van der Waals surface area contributed by atoms with E-state index >= 15 is 0 Å². The van der Waals surface area contributed by atoms with Crippen molar-refractivity contribution in [1.29, 1.82) is 0 Å². The van der Waals surface area contributed by atoms with Gasteiger partial charge in [-0.1, -0.05) is 184 Å². The molecule has 1 aliphatic carbocycles. The van der Waals surface area contributed by atoms with Crippen LogP contribution in [0.4, 0.5) is 0 Å². The van der Waals surface area contributed by atoms with Crippen molar-refractivity contribution >= 4 is 76.2 Å². The van der Waals surface area contributed by atoms with Crippen LogP contribution in [-0.4, -0.2) is 23.8 Å². The number of fused-ring (bicyclic) bond motifs is 14. The molecule has 0 fully saturated rings. The van der Waals surface area contributed by atoms with Crippen LogP contribution >= 0.6 is 0 Å². The summed E-state index contributed by atoms with van der Waals surface area (Å²) >= 11 is 0. The molecule has 69 heavy (non-hydrogen) atoms. The normalized spacial score (nSPS) is 13.2. The van der Waals surface area contributed by atoms with E-state index in [1.165, 1.54) is 93.2 Å². The van der Waals surface area contributed by atoms with Gasteiger partial charge in [-0.15, -0.1) is 0 Å². The van der Waals surface area contributed by atoms with E-state index in [2.05, 4.69) is 217 Å². The smallest absolute Gasteiger partial charge is 0.164 e. The van der Waals surface area contributed by atoms with E-state index < -0.39 is 0 Å². The van der Waals surface area contributed by atoms with Crippen molar-refractivity contribution in [2.75, 3.05) is 0 Å². The lowest BCUT2D eigenvalue weighted by molar-refractivity contribution is 0.660. The Morgan fingerprint density at radius 3 is 1.61 bits per heavy atom. The average Bonchev–Trinajstić information content (AvgIpc) is 4.01. The van der Waals surface area contributed by atoms with Crippen molar-refractivity contribution < 1.29 is 0 Å². The Labute approximate surface area is 397 Å². The summed E-state index contributed by atoms with van der Waals surface area (Å²) in [6.07, 6.45) is 0. The Kier molecular flexibility index (Phi) is 7.78. The van der Waals surface area contributed by atoms with Gasteiger partial charge >= 0.3 is 0 Å². The van der Waals surface area contributed by atoms with Crippen LogP contribution in [0.2, 0.25) is 0 Å². The first-order chi connectivity index (χ1) is 34.0. The first-order valence-corrected chi connectivity index (χ1v) is 23.8. The Morgan fingerprint density at radius 1 is 0.304 bits per heavy atom. The summed E-state index contributed by atoms with van der Waals surface area (Å²) < 4.78 is 5.01. The number of hydrogen-bond donors (Lipinski definition) is 0. The average molecular weight is 880 g/mol. The van der Waals surface area contributed by atoms with E-state index in [0.717, 1.165) is 33.0 Å². The predicted octanol–water partition coefficient (Wildman–Crippen LogP) is 16.3. The molecule has 0 spiro atoms. The standard InChI is InChI=1S/C64H41N5/c1-64(2)53-25-9-6-18-45(53)51-37-42(30-33-54(51)64)63-66-61(38-15-4-3-5-16-38)65-62(67-63)41-29-32-44-39(35-41)17-12-21-43(44)40-31-34-57-52(36-40)50-23-13-22-48-46-19-7-11-27-56(46)69(59(48)50)58-28-14-24-49-47-20-8-10-26-55(47)68(57)60(49)58/h3-37H,1-2H3. The van der Waals surface area contributed by atoms with Crippen LogP contribution < -0.4 is 0 Å². The minimum atomic E-state index is -0.0859. The van der Waals surface area contributed by atoms with Gasteiger partial charge in [0.25, 0.3) is 0 Å². The second-order valence-corrected chi connectivity index (χ2v) is 19.2. The quantitative estimate of drug-likeness (QED) is 0.177. The molecule has 1 aliphatic rings. The molecule has 14 aromatic rings. The lowest BCUT2D eigenvalue weighted by Crippen LogP contribution is -2.14. The number of benzene rings is 10. The molecule has 0 N–H and O–H groups in total. The monoisotopic (exact) mass is 879 g/mol. The number of aromatic nitrogens is 5. The largest absolute Gasteiger partial charge is 0.307 e. The van der Waals surface area contributed by atoms with E-state index in [4.69, 9.17) is 15.0 Å². The van der Waals surface area contributed by atoms with Crippen LogP contribution in [0.15, 0.2) is 212 Å². The summed E-state index contributed by atoms with van der Waals surface area (Å²) in [5, 5.41) is 9.68. The highest BCUT2D eigenvalue weighted by molar-refractivity contribution is 6.23. The van der Waals surface area contributed by atoms with Gasteiger partial charge in [0.2, 0.25) is 0 Å². The second-order valence-electron chi connectivity index (χ2n) is 19.2. The van der Waals surface area contributed by atoms with Gasteiger partial charge in [0, 0.05) is 54.4 Å². The summed E-state index contributed by atoms with van der Waals surface area (Å²) in [7, 11) is 0. The summed E-state index contributed by atoms with van der Waals surface area (Å²) in [6.45, 7) is 4.62. The molecule has 0 amide bonds. The van der Waals surface area contributed by atoms with E-state index in [0.29, 0.717) is 17.5 Å². The lowest BCUT2D eigenvalue weighted by Gasteiger charge is -2.21. The van der Waals surface area contributed by atoms with Crippen LogP contribution in [-0.2, 0) is 5.41 Å². The lowest BCUT2D eigenvalue weighted by atomic mass is 9.82. The zero-order valence-electron chi connectivity index (χ0n) is 37.9. The molecule has 322 valence electrons. The third-order valence-corrected chi connectivity index (χ3v) is 15.1. The number of para-hydroxylation sites is 4. The van der Waals surface area contributed by atoms with Crippen molar-refractivity contribution in [2.45, 2.75) is 19.3 Å². The Bertz CT molecular complexity index is 4520. The van der Waals surface area contributed by atoms with Gasteiger partial charge in [0.1, 0.15) is 0 Å². The van der Waals surface area contributed by atoms with Crippen LogP contribution in [0, 0.1) is 0 Å². The van der Waals surface area contributed by atoms with E-state index in [-0.39, 0.29) is 5.41 Å². The Morgan fingerprint density at radius 2 is 0.826 bits per heavy atom. The highest BCUT2D eigenvalue weighted by Gasteiger charge is 2.35. The zero-order chi connectivity index (χ0) is 45.5. The molecule has 0 radical (unpaired) electrons.